The molecular weight excluding hydrogens is 282 g/mol. The number of nitrogens with one attached hydrogen (secondary N) is 1. The van der Waals surface area contributed by atoms with E-state index in [1.165, 1.54) is 0 Å². The van der Waals surface area contributed by atoms with E-state index in [1.807, 2.05) is 24.3 Å². The Labute approximate surface area is 111 Å². The van der Waals surface area contributed by atoms with Crippen molar-refractivity contribution in [1.29, 1.82) is 0 Å². The van der Waals surface area contributed by atoms with Gasteiger partial charge in [-0.05, 0) is 24.6 Å². The summed E-state index contributed by atoms with van der Waals surface area (Å²) in [7, 11) is 0. The van der Waals surface area contributed by atoms with E-state index in [0.29, 0.717) is 13.2 Å². The summed E-state index contributed by atoms with van der Waals surface area (Å²) >= 11 is 3.40. The molecule has 2 N–H and O–H groups in total. The van der Waals surface area contributed by atoms with E-state index >= 15 is 0 Å². The molecule has 0 aromatic heterocycles. The fourth-order valence-corrected chi connectivity index (χ4v) is 1.76. The molecule has 0 saturated carbocycles. The second-order valence-corrected chi connectivity index (χ2v) is 4.89. The Hall–Kier alpha value is -0.580. The van der Waals surface area contributed by atoms with Crippen LogP contribution in [-0.4, -0.2) is 31.0 Å². The van der Waals surface area contributed by atoms with Crippen LogP contribution in [0, 0.1) is 0 Å². The number of unbranched alkanes of at least 4 members (excludes halogenated alkanes) is 1. The van der Waals surface area contributed by atoms with Crippen LogP contribution in [0.5, 0.6) is 0 Å². The SMILES string of the molecule is CCCCOCC(O)CNc1cccc(Br)c1. The Morgan fingerprint density at radius 3 is 3.00 bits per heavy atom. The molecule has 1 rings (SSSR count). The summed E-state index contributed by atoms with van der Waals surface area (Å²) < 4.78 is 6.37. The van der Waals surface area contributed by atoms with Crippen LogP contribution in [0.4, 0.5) is 5.69 Å². The van der Waals surface area contributed by atoms with Crippen molar-refractivity contribution in [2.45, 2.75) is 25.9 Å². The highest BCUT2D eigenvalue weighted by Gasteiger charge is 2.03. The maximum Gasteiger partial charge on any atom is 0.0945 e. The summed E-state index contributed by atoms with van der Waals surface area (Å²) in [6, 6.07) is 7.87. The predicted octanol–water partition coefficient (Wildman–Crippen LogP) is 3.04. The van der Waals surface area contributed by atoms with E-state index < -0.39 is 6.10 Å². The van der Waals surface area contributed by atoms with Crippen molar-refractivity contribution in [2.75, 3.05) is 25.1 Å². The van der Waals surface area contributed by atoms with Crippen LogP contribution < -0.4 is 5.32 Å². The minimum atomic E-state index is -0.467. The van der Waals surface area contributed by atoms with Gasteiger partial charge in [-0.25, -0.2) is 0 Å². The lowest BCUT2D eigenvalue weighted by atomic mass is 10.3. The van der Waals surface area contributed by atoms with Gasteiger partial charge < -0.3 is 15.2 Å². The van der Waals surface area contributed by atoms with E-state index in [9.17, 15) is 5.11 Å². The van der Waals surface area contributed by atoms with Crippen LogP contribution in [0.15, 0.2) is 28.7 Å². The Morgan fingerprint density at radius 2 is 2.29 bits per heavy atom. The number of aliphatic hydroxyl groups is 1. The van der Waals surface area contributed by atoms with E-state index in [2.05, 4.69) is 28.2 Å². The zero-order chi connectivity index (χ0) is 12.5. The summed E-state index contributed by atoms with van der Waals surface area (Å²) in [5, 5.41) is 12.8. The number of hydrogen-bond donors (Lipinski definition) is 2. The molecule has 0 saturated heterocycles. The molecule has 4 heteroatoms. The number of halogens is 1. The van der Waals surface area contributed by atoms with Crippen LogP contribution in [-0.2, 0) is 4.74 Å². The number of hydrogen-bond acceptors (Lipinski definition) is 3. The predicted molar refractivity (Wildman–Crippen MR) is 74.4 cm³/mol. The van der Waals surface area contributed by atoms with Crippen molar-refractivity contribution in [3.8, 4) is 0 Å². The van der Waals surface area contributed by atoms with Crippen molar-refractivity contribution in [1.82, 2.24) is 0 Å². The molecule has 1 aromatic carbocycles. The lowest BCUT2D eigenvalue weighted by Crippen LogP contribution is -2.25. The van der Waals surface area contributed by atoms with Gasteiger partial charge in [-0.3, -0.25) is 0 Å². The van der Waals surface area contributed by atoms with Crippen molar-refractivity contribution in [2.24, 2.45) is 0 Å². The lowest BCUT2D eigenvalue weighted by molar-refractivity contribution is 0.0422. The molecule has 0 aliphatic carbocycles. The fraction of sp³-hybridized carbons (Fsp3) is 0.538. The maximum atomic E-state index is 9.68. The van der Waals surface area contributed by atoms with Crippen LogP contribution in [0.1, 0.15) is 19.8 Å². The minimum Gasteiger partial charge on any atom is -0.389 e. The highest BCUT2D eigenvalue weighted by atomic mass is 79.9. The summed E-state index contributed by atoms with van der Waals surface area (Å²) in [6.07, 6.45) is 1.70. The first-order valence-corrected chi connectivity index (χ1v) is 6.77. The van der Waals surface area contributed by atoms with Crippen LogP contribution in [0.2, 0.25) is 0 Å². The first kappa shape index (κ1) is 14.5. The van der Waals surface area contributed by atoms with Gasteiger partial charge in [0.25, 0.3) is 0 Å². The zero-order valence-electron chi connectivity index (χ0n) is 10.2. The van der Waals surface area contributed by atoms with Gasteiger partial charge in [-0.15, -0.1) is 0 Å². The van der Waals surface area contributed by atoms with Gasteiger partial charge in [-0.2, -0.15) is 0 Å². The molecule has 0 amide bonds. The smallest absolute Gasteiger partial charge is 0.0945 e. The second kappa shape index (κ2) is 8.50. The molecule has 3 nitrogen and oxygen atoms in total. The molecule has 1 aromatic rings. The molecule has 0 radical (unpaired) electrons. The Kier molecular flexibility index (Phi) is 7.24. The number of anilines is 1. The fourth-order valence-electron chi connectivity index (χ4n) is 1.36. The van der Waals surface area contributed by atoms with Gasteiger partial charge in [0.2, 0.25) is 0 Å². The van der Waals surface area contributed by atoms with E-state index in [0.717, 1.165) is 29.6 Å². The van der Waals surface area contributed by atoms with Crippen LogP contribution in [0.25, 0.3) is 0 Å². The van der Waals surface area contributed by atoms with Crippen molar-refractivity contribution >= 4 is 21.6 Å². The Balaban J connectivity index is 2.17. The minimum absolute atomic E-state index is 0.390. The Bertz CT molecular complexity index is 320. The van der Waals surface area contributed by atoms with Gasteiger partial charge in [0, 0.05) is 23.3 Å². The largest absolute Gasteiger partial charge is 0.389 e. The molecule has 1 unspecified atom stereocenters. The maximum absolute atomic E-state index is 9.68. The van der Waals surface area contributed by atoms with Gasteiger partial charge >= 0.3 is 0 Å². The third-order valence-electron chi connectivity index (χ3n) is 2.32. The zero-order valence-corrected chi connectivity index (χ0v) is 11.7. The molecule has 0 aliphatic heterocycles. The molecule has 96 valence electrons. The van der Waals surface area contributed by atoms with Crippen LogP contribution >= 0.6 is 15.9 Å². The number of rotatable bonds is 8. The molecule has 0 fully saturated rings. The van der Waals surface area contributed by atoms with Crippen LogP contribution in [0.3, 0.4) is 0 Å². The molecule has 0 spiro atoms. The number of aliphatic hydroxyl groups excluding tert-OH is 1. The molecule has 0 aliphatic rings. The normalized spacial score (nSPS) is 12.4. The standard InChI is InChI=1S/C13H20BrNO2/c1-2-3-7-17-10-13(16)9-15-12-6-4-5-11(14)8-12/h4-6,8,13,15-16H,2-3,7,9-10H2,1H3. The third kappa shape index (κ3) is 6.66. The van der Waals surface area contributed by atoms with Gasteiger partial charge in [0.1, 0.15) is 0 Å². The van der Waals surface area contributed by atoms with Crippen molar-refractivity contribution in [3.05, 3.63) is 28.7 Å². The quantitative estimate of drug-likeness (QED) is 0.725. The molecular formula is C13H20BrNO2. The summed E-state index contributed by atoms with van der Waals surface area (Å²) in [5.41, 5.74) is 0.993. The number of ether oxygens (including phenoxy) is 1. The molecule has 1 atom stereocenters. The topological polar surface area (TPSA) is 41.5 Å². The van der Waals surface area contributed by atoms with Gasteiger partial charge in [0.15, 0.2) is 0 Å². The van der Waals surface area contributed by atoms with E-state index in [-0.39, 0.29) is 0 Å². The first-order chi connectivity index (χ1) is 8.22. The third-order valence-corrected chi connectivity index (χ3v) is 2.81. The Morgan fingerprint density at radius 1 is 1.47 bits per heavy atom. The van der Waals surface area contributed by atoms with Crippen molar-refractivity contribution < 1.29 is 9.84 Å². The van der Waals surface area contributed by atoms with Gasteiger partial charge in [0.05, 0.1) is 12.7 Å². The average Bonchev–Trinajstić information content (AvgIpc) is 2.32. The second-order valence-electron chi connectivity index (χ2n) is 3.97. The average molecular weight is 302 g/mol. The monoisotopic (exact) mass is 301 g/mol. The first-order valence-electron chi connectivity index (χ1n) is 5.97. The van der Waals surface area contributed by atoms with E-state index in [1.54, 1.807) is 0 Å². The highest BCUT2D eigenvalue weighted by molar-refractivity contribution is 9.10. The van der Waals surface area contributed by atoms with Gasteiger partial charge in [-0.1, -0.05) is 35.3 Å². The summed E-state index contributed by atoms with van der Waals surface area (Å²) in [4.78, 5) is 0. The number of benzene rings is 1. The highest BCUT2D eigenvalue weighted by Crippen LogP contribution is 2.15. The molecule has 17 heavy (non-hydrogen) atoms. The van der Waals surface area contributed by atoms with E-state index in [4.69, 9.17) is 4.74 Å². The molecule has 0 heterocycles. The van der Waals surface area contributed by atoms with Crippen molar-refractivity contribution in [3.63, 3.8) is 0 Å². The lowest BCUT2D eigenvalue weighted by Gasteiger charge is -2.13. The summed E-state index contributed by atoms with van der Waals surface area (Å²) in [6.45, 7) is 3.74. The summed E-state index contributed by atoms with van der Waals surface area (Å²) in [5.74, 6) is 0. The molecule has 0 bridgehead atoms.